The zero-order chi connectivity index (χ0) is 16.1. The standard InChI is InChI=1S/C16H13Cl2NO3/c17-12-7-5-10(9-13(12)18)6-8-15(20)19-14-4-2-1-3-11(14)16(21)22/h1-5,7,9H,6,8H2,(H,19,20)(H,21,22). The van der Waals surface area contributed by atoms with E-state index in [-0.39, 0.29) is 23.6 Å². The molecule has 0 saturated carbocycles. The largest absolute Gasteiger partial charge is 0.478 e. The normalized spacial score (nSPS) is 10.3. The molecule has 2 aromatic carbocycles. The Morgan fingerprint density at radius 2 is 1.77 bits per heavy atom. The highest BCUT2D eigenvalue weighted by molar-refractivity contribution is 6.42. The minimum atomic E-state index is -1.08. The number of aryl methyl sites for hydroxylation is 1. The number of aromatic carboxylic acids is 1. The Hall–Kier alpha value is -2.04. The van der Waals surface area contributed by atoms with Gasteiger partial charge in [0.1, 0.15) is 0 Å². The van der Waals surface area contributed by atoms with Gasteiger partial charge in [-0.2, -0.15) is 0 Å². The van der Waals surface area contributed by atoms with Crippen molar-refractivity contribution in [2.45, 2.75) is 12.8 Å². The number of carboxylic acid groups (broad SMARTS) is 1. The van der Waals surface area contributed by atoms with Crippen molar-refractivity contribution in [2.75, 3.05) is 5.32 Å². The van der Waals surface area contributed by atoms with E-state index in [1.807, 2.05) is 0 Å². The van der Waals surface area contributed by atoms with E-state index < -0.39 is 5.97 Å². The van der Waals surface area contributed by atoms with Crippen LogP contribution in [0.4, 0.5) is 5.69 Å². The van der Waals surface area contributed by atoms with Crippen LogP contribution < -0.4 is 5.32 Å². The van der Waals surface area contributed by atoms with Crippen molar-refractivity contribution in [1.29, 1.82) is 0 Å². The number of nitrogens with one attached hydrogen (secondary N) is 1. The maximum Gasteiger partial charge on any atom is 0.337 e. The van der Waals surface area contributed by atoms with E-state index >= 15 is 0 Å². The molecule has 0 aliphatic rings. The average Bonchev–Trinajstić information content (AvgIpc) is 2.49. The van der Waals surface area contributed by atoms with E-state index in [9.17, 15) is 9.59 Å². The number of para-hydroxylation sites is 1. The van der Waals surface area contributed by atoms with E-state index in [1.165, 1.54) is 6.07 Å². The van der Waals surface area contributed by atoms with Crippen molar-refractivity contribution >= 4 is 40.8 Å². The van der Waals surface area contributed by atoms with Crippen LogP contribution in [0.3, 0.4) is 0 Å². The predicted molar refractivity (Wildman–Crippen MR) is 86.8 cm³/mol. The molecular formula is C16H13Cl2NO3. The monoisotopic (exact) mass is 337 g/mol. The summed E-state index contributed by atoms with van der Waals surface area (Å²) in [6, 6.07) is 11.5. The first-order chi connectivity index (χ1) is 10.5. The van der Waals surface area contributed by atoms with Crippen molar-refractivity contribution in [1.82, 2.24) is 0 Å². The highest BCUT2D eigenvalue weighted by Gasteiger charge is 2.11. The molecule has 2 rings (SSSR count). The van der Waals surface area contributed by atoms with Gasteiger partial charge in [0.25, 0.3) is 0 Å². The van der Waals surface area contributed by atoms with Crippen LogP contribution in [0, 0.1) is 0 Å². The van der Waals surface area contributed by atoms with Crippen LogP contribution >= 0.6 is 23.2 Å². The lowest BCUT2D eigenvalue weighted by Gasteiger charge is -2.08. The second-order valence-corrected chi connectivity index (χ2v) is 5.46. The Bertz CT molecular complexity index is 716. The highest BCUT2D eigenvalue weighted by Crippen LogP contribution is 2.23. The smallest absolute Gasteiger partial charge is 0.337 e. The zero-order valence-electron chi connectivity index (χ0n) is 11.5. The third kappa shape index (κ3) is 4.23. The summed E-state index contributed by atoms with van der Waals surface area (Å²) in [6.07, 6.45) is 0.698. The first-order valence-corrected chi connectivity index (χ1v) is 7.29. The molecule has 0 aliphatic carbocycles. The second-order valence-electron chi connectivity index (χ2n) is 4.65. The van der Waals surface area contributed by atoms with Gasteiger partial charge in [-0.25, -0.2) is 4.79 Å². The molecule has 0 heterocycles. The van der Waals surface area contributed by atoms with Gasteiger partial charge in [0.05, 0.1) is 21.3 Å². The zero-order valence-corrected chi connectivity index (χ0v) is 13.0. The van der Waals surface area contributed by atoms with Gasteiger partial charge in [-0.15, -0.1) is 0 Å². The molecule has 2 aromatic rings. The van der Waals surface area contributed by atoms with Gasteiger partial charge < -0.3 is 10.4 Å². The summed E-state index contributed by atoms with van der Waals surface area (Å²) in [4.78, 5) is 23.0. The molecule has 0 fully saturated rings. The summed E-state index contributed by atoms with van der Waals surface area (Å²) in [7, 11) is 0. The topological polar surface area (TPSA) is 66.4 Å². The Kier molecular flexibility index (Phi) is 5.41. The van der Waals surface area contributed by atoms with Crippen molar-refractivity contribution in [3.05, 3.63) is 63.6 Å². The van der Waals surface area contributed by atoms with Crippen LogP contribution in [0.1, 0.15) is 22.3 Å². The summed E-state index contributed by atoms with van der Waals surface area (Å²) >= 11 is 11.7. The maximum atomic E-state index is 11.9. The molecule has 6 heteroatoms. The summed E-state index contributed by atoms with van der Waals surface area (Å²) in [5.74, 6) is -1.35. The number of carbonyl (C=O) groups is 2. The molecule has 4 nitrogen and oxygen atoms in total. The van der Waals surface area contributed by atoms with Gasteiger partial charge in [0, 0.05) is 6.42 Å². The van der Waals surface area contributed by atoms with E-state index in [4.69, 9.17) is 28.3 Å². The number of carboxylic acids is 1. The molecule has 0 aliphatic heterocycles. The van der Waals surface area contributed by atoms with Crippen LogP contribution in [-0.2, 0) is 11.2 Å². The number of amides is 1. The molecule has 114 valence electrons. The molecule has 0 spiro atoms. The molecular weight excluding hydrogens is 325 g/mol. The lowest BCUT2D eigenvalue weighted by atomic mass is 10.1. The first-order valence-electron chi connectivity index (χ1n) is 6.53. The lowest BCUT2D eigenvalue weighted by molar-refractivity contribution is -0.116. The van der Waals surface area contributed by atoms with Crippen molar-refractivity contribution in [3.63, 3.8) is 0 Å². The minimum absolute atomic E-state index is 0.0605. The fourth-order valence-electron chi connectivity index (χ4n) is 1.94. The average molecular weight is 338 g/mol. The van der Waals surface area contributed by atoms with Gasteiger partial charge in [-0.3, -0.25) is 4.79 Å². The van der Waals surface area contributed by atoms with Gasteiger partial charge in [-0.05, 0) is 36.2 Å². The van der Waals surface area contributed by atoms with Gasteiger partial charge in [0.2, 0.25) is 5.91 Å². The summed E-state index contributed by atoms with van der Waals surface area (Å²) in [5, 5.41) is 12.6. The van der Waals surface area contributed by atoms with Gasteiger partial charge in [0.15, 0.2) is 0 Å². The van der Waals surface area contributed by atoms with Crippen molar-refractivity contribution in [2.24, 2.45) is 0 Å². The van der Waals surface area contributed by atoms with E-state index in [0.717, 1.165) is 5.56 Å². The quantitative estimate of drug-likeness (QED) is 0.856. The molecule has 0 unspecified atom stereocenters. The number of carbonyl (C=O) groups excluding carboxylic acids is 1. The van der Waals surface area contributed by atoms with Crippen LogP contribution in [0.5, 0.6) is 0 Å². The number of benzene rings is 2. The Morgan fingerprint density at radius 3 is 2.45 bits per heavy atom. The summed E-state index contributed by atoms with van der Waals surface area (Å²) in [6.45, 7) is 0. The number of rotatable bonds is 5. The SMILES string of the molecule is O=C(CCc1ccc(Cl)c(Cl)c1)Nc1ccccc1C(=O)O. The second kappa shape index (κ2) is 7.29. The summed E-state index contributed by atoms with van der Waals surface area (Å²) in [5.41, 5.74) is 1.23. The lowest BCUT2D eigenvalue weighted by Crippen LogP contribution is -2.15. The molecule has 0 atom stereocenters. The van der Waals surface area contributed by atoms with Crippen LogP contribution in [0.25, 0.3) is 0 Å². The highest BCUT2D eigenvalue weighted by atomic mass is 35.5. The van der Waals surface area contributed by atoms with E-state index in [0.29, 0.717) is 16.5 Å². The van der Waals surface area contributed by atoms with Crippen LogP contribution in [0.2, 0.25) is 10.0 Å². The molecule has 1 amide bonds. The van der Waals surface area contributed by atoms with E-state index in [1.54, 1.807) is 36.4 Å². The third-order valence-corrected chi connectivity index (χ3v) is 3.80. The Balaban J connectivity index is 1.99. The van der Waals surface area contributed by atoms with Crippen molar-refractivity contribution < 1.29 is 14.7 Å². The fraction of sp³-hybridized carbons (Fsp3) is 0.125. The summed E-state index contributed by atoms with van der Waals surface area (Å²) < 4.78 is 0. The van der Waals surface area contributed by atoms with Crippen LogP contribution in [-0.4, -0.2) is 17.0 Å². The number of hydrogen-bond acceptors (Lipinski definition) is 2. The van der Waals surface area contributed by atoms with Crippen molar-refractivity contribution in [3.8, 4) is 0 Å². The number of anilines is 1. The molecule has 22 heavy (non-hydrogen) atoms. The molecule has 0 aromatic heterocycles. The Labute approximate surface area is 137 Å². The molecule has 2 N–H and O–H groups in total. The van der Waals surface area contributed by atoms with E-state index in [2.05, 4.69) is 5.32 Å². The predicted octanol–water partition coefficient (Wildman–Crippen LogP) is 4.26. The minimum Gasteiger partial charge on any atom is -0.478 e. The molecule has 0 bridgehead atoms. The molecule has 0 radical (unpaired) electrons. The Morgan fingerprint density at radius 1 is 1.05 bits per heavy atom. The third-order valence-electron chi connectivity index (χ3n) is 3.06. The number of halogens is 2. The first kappa shape index (κ1) is 16.3. The maximum absolute atomic E-state index is 11.9. The van der Waals surface area contributed by atoms with Crippen LogP contribution in [0.15, 0.2) is 42.5 Å². The fourth-order valence-corrected chi connectivity index (χ4v) is 2.27. The number of hydrogen-bond donors (Lipinski definition) is 2. The molecule has 0 saturated heterocycles. The van der Waals surface area contributed by atoms with Gasteiger partial charge >= 0.3 is 5.97 Å². The van der Waals surface area contributed by atoms with Gasteiger partial charge in [-0.1, -0.05) is 41.4 Å².